The molecule has 10 nitrogen and oxygen atoms in total. The fraction of sp³-hybridized carbons (Fsp3) is 0.333. The minimum atomic E-state index is -0.643. The first-order valence-corrected chi connectivity index (χ1v) is 13.5. The molecule has 41 heavy (non-hydrogen) atoms. The number of fused-ring (bicyclic) bond motifs is 2. The Morgan fingerprint density at radius 1 is 1.07 bits per heavy atom. The molecular formula is C30H32FN5O5. The zero-order chi connectivity index (χ0) is 28.8. The first kappa shape index (κ1) is 28.0. The van der Waals surface area contributed by atoms with E-state index in [0.29, 0.717) is 36.4 Å². The van der Waals surface area contributed by atoms with Gasteiger partial charge in [-0.15, -0.1) is 0 Å². The molecular weight excluding hydrogens is 529 g/mol. The van der Waals surface area contributed by atoms with Gasteiger partial charge in [-0.05, 0) is 67.3 Å². The van der Waals surface area contributed by atoms with Crippen molar-refractivity contribution >= 4 is 29.2 Å². The van der Waals surface area contributed by atoms with Crippen LogP contribution in [0.5, 0.6) is 5.75 Å². The van der Waals surface area contributed by atoms with Crippen molar-refractivity contribution in [2.75, 3.05) is 30.8 Å². The van der Waals surface area contributed by atoms with Gasteiger partial charge in [-0.1, -0.05) is 12.1 Å². The molecule has 1 aromatic heterocycles. The largest absolute Gasteiger partial charge is 0.490 e. The number of nitrogens with one attached hydrogen (secondary N) is 3. The fourth-order valence-electron chi connectivity index (χ4n) is 5.13. The first-order valence-electron chi connectivity index (χ1n) is 13.5. The quantitative estimate of drug-likeness (QED) is 0.401. The zero-order valence-electron chi connectivity index (χ0n) is 22.6. The molecule has 2 aliphatic heterocycles. The van der Waals surface area contributed by atoms with E-state index in [0.717, 1.165) is 12.0 Å². The third kappa shape index (κ3) is 6.98. The summed E-state index contributed by atoms with van der Waals surface area (Å²) >= 11 is 0. The number of hydrogen-bond acceptors (Lipinski definition) is 6. The highest BCUT2D eigenvalue weighted by molar-refractivity contribution is 6.02. The molecule has 214 valence electrons. The van der Waals surface area contributed by atoms with Crippen LogP contribution in [-0.2, 0) is 16.0 Å². The molecule has 0 saturated carbocycles. The third-order valence-electron chi connectivity index (χ3n) is 7.29. The van der Waals surface area contributed by atoms with Crippen molar-refractivity contribution in [3.8, 4) is 5.75 Å². The summed E-state index contributed by atoms with van der Waals surface area (Å²) in [7, 11) is 1.72. The van der Waals surface area contributed by atoms with Crippen LogP contribution in [0.1, 0.15) is 35.2 Å². The van der Waals surface area contributed by atoms with Crippen molar-refractivity contribution in [3.63, 3.8) is 0 Å². The van der Waals surface area contributed by atoms with Gasteiger partial charge < -0.3 is 30.3 Å². The van der Waals surface area contributed by atoms with Gasteiger partial charge in [-0.3, -0.25) is 14.6 Å². The molecule has 2 aliphatic rings. The molecule has 2 aromatic carbocycles. The number of para-hydroxylation sites is 1. The van der Waals surface area contributed by atoms with E-state index in [-0.39, 0.29) is 42.7 Å². The number of likely N-dealkylation sites (N-methyl/N-ethyl adjacent to an activating group) is 1. The van der Waals surface area contributed by atoms with Gasteiger partial charge in [0.2, 0.25) is 5.91 Å². The number of benzene rings is 2. The Bertz CT molecular complexity index is 1410. The van der Waals surface area contributed by atoms with Gasteiger partial charge in [0.1, 0.15) is 24.3 Å². The number of hydrogen-bond donors (Lipinski definition) is 3. The molecule has 0 aliphatic carbocycles. The van der Waals surface area contributed by atoms with Gasteiger partial charge in [0.15, 0.2) is 0 Å². The molecule has 3 aromatic rings. The second kappa shape index (κ2) is 12.8. The fourth-order valence-corrected chi connectivity index (χ4v) is 5.13. The highest BCUT2D eigenvalue weighted by Gasteiger charge is 2.39. The van der Waals surface area contributed by atoms with Crippen LogP contribution in [0, 0.1) is 5.82 Å². The van der Waals surface area contributed by atoms with Crippen LogP contribution in [0.25, 0.3) is 0 Å². The molecule has 1 fully saturated rings. The minimum absolute atomic E-state index is 0.0412. The van der Waals surface area contributed by atoms with E-state index in [1.165, 1.54) is 24.3 Å². The normalized spacial score (nSPS) is 20.0. The summed E-state index contributed by atoms with van der Waals surface area (Å²) in [5.74, 6) is -0.550. The number of urea groups is 1. The highest BCUT2D eigenvalue weighted by atomic mass is 19.1. The van der Waals surface area contributed by atoms with Crippen molar-refractivity contribution in [2.24, 2.45) is 0 Å². The maximum absolute atomic E-state index is 13.9. The Morgan fingerprint density at radius 2 is 1.88 bits per heavy atom. The van der Waals surface area contributed by atoms with Gasteiger partial charge in [-0.25, -0.2) is 9.18 Å². The Morgan fingerprint density at radius 3 is 2.68 bits per heavy atom. The average molecular weight is 562 g/mol. The summed E-state index contributed by atoms with van der Waals surface area (Å²) in [5.41, 5.74) is 1.80. The number of rotatable bonds is 7. The van der Waals surface area contributed by atoms with Crippen LogP contribution in [0.4, 0.5) is 20.6 Å². The maximum atomic E-state index is 13.9. The van der Waals surface area contributed by atoms with E-state index in [9.17, 15) is 18.8 Å². The molecule has 0 unspecified atom stereocenters. The van der Waals surface area contributed by atoms with Crippen molar-refractivity contribution < 1.29 is 28.2 Å². The van der Waals surface area contributed by atoms with E-state index in [1.54, 1.807) is 42.5 Å². The predicted octanol–water partition coefficient (Wildman–Crippen LogP) is 3.99. The minimum Gasteiger partial charge on any atom is -0.490 e. The molecule has 11 heteroatoms. The summed E-state index contributed by atoms with van der Waals surface area (Å²) in [6.07, 6.45) is 5.02. The number of nitrogens with zero attached hydrogens (tertiary/aromatic N) is 2. The number of carbonyl (C=O) groups excluding carboxylic acids is 3. The van der Waals surface area contributed by atoms with Gasteiger partial charge in [0, 0.05) is 31.7 Å². The third-order valence-corrected chi connectivity index (χ3v) is 7.29. The number of carbonyl (C=O) groups is 3. The molecule has 0 radical (unpaired) electrons. The van der Waals surface area contributed by atoms with E-state index in [1.807, 2.05) is 12.1 Å². The second-order valence-electron chi connectivity index (χ2n) is 10.1. The van der Waals surface area contributed by atoms with E-state index < -0.39 is 18.0 Å². The van der Waals surface area contributed by atoms with E-state index >= 15 is 0 Å². The highest BCUT2D eigenvalue weighted by Crippen LogP contribution is 2.32. The second-order valence-corrected chi connectivity index (χ2v) is 10.1. The summed E-state index contributed by atoms with van der Waals surface area (Å²) in [4.78, 5) is 44.1. The van der Waals surface area contributed by atoms with Crippen molar-refractivity contribution in [1.82, 2.24) is 15.2 Å². The maximum Gasteiger partial charge on any atom is 0.323 e. The summed E-state index contributed by atoms with van der Waals surface area (Å²) in [5, 5.41) is 8.04. The van der Waals surface area contributed by atoms with Gasteiger partial charge in [-0.2, -0.15) is 0 Å². The van der Waals surface area contributed by atoms with Crippen LogP contribution in [0.3, 0.4) is 0 Å². The number of aromatic nitrogens is 1. The van der Waals surface area contributed by atoms with Crippen LogP contribution < -0.4 is 20.7 Å². The van der Waals surface area contributed by atoms with Crippen molar-refractivity contribution in [2.45, 2.75) is 43.9 Å². The van der Waals surface area contributed by atoms with Crippen LogP contribution in [0.15, 0.2) is 67.0 Å². The summed E-state index contributed by atoms with van der Waals surface area (Å²) in [6, 6.07) is 13.6. The number of anilines is 2. The Balaban J connectivity index is 1.18. The lowest BCUT2D eigenvalue weighted by Crippen LogP contribution is -2.54. The molecule has 0 spiro atoms. The van der Waals surface area contributed by atoms with Gasteiger partial charge in [0.05, 0.1) is 29.8 Å². The monoisotopic (exact) mass is 561 g/mol. The van der Waals surface area contributed by atoms with Crippen LogP contribution >= 0.6 is 0 Å². The summed E-state index contributed by atoms with van der Waals surface area (Å²) in [6.45, 7) is 0.733. The standard InChI is InChI=1S/C30H32FN5O5/c1-36-25-8-7-21(17-28(37)33-15-12-19-10-13-32-14-11-19)41-27(25)18-40-26-9-6-20(16-22(26)29(36)38)34-30(39)35-24-5-3-2-4-23(24)31/h2-6,9-11,13-14,16,21,25,27H,7-8,12,15,17-18H2,1H3,(H,33,37)(H2,34,35,39)/t21-,25-,27+/m0/s1. The van der Waals surface area contributed by atoms with Crippen LogP contribution in [-0.4, -0.2) is 66.2 Å². The number of amides is 4. The molecule has 3 N–H and O–H groups in total. The summed E-state index contributed by atoms with van der Waals surface area (Å²) < 4.78 is 26.1. The number of pyridine rings is 1. The van der Waals surface area contributed by atoms with Gasteiger partial charge in [0.25, 0.3) is 5.91 Å². The molecule has 0 bridgehead atoms. The topological polar surface area (TPSA) is 122 Å². The van der Waals surface area contributed by atoms with Crippen LogP contribution in [0.2, 0.25) is 0 Å². The molecule has 4 amide bonds. The Kier molecular flexibility index (Phi) is 8.73. The van der Waals surface area contributed by atoms with Gasteiger partial charge >= 0.3 is 6.03 Å². The molecule has 5 rings (SSSR count). The SMILES string of the molecule is CN1C(=O)c2cc(NC(=O)Nc3ccccc3F)ccc2OC[C@H]2O[C@H](CC(=O)NCCc3ccncc3)CC[C@@H]21. The number of halogens is 1. The van der Waals surface area contributed by atoms with E-state index in [2.05, 4.69) is 20.9 Å². The lowest BCUT2D eigenvalue weighted by Gasteiger charge is -2.42. The first-order chi connectivity index (χ1) is 19.9. The molecule has 3 heterocycles. The predicted molar refractivity (Wildman–Crippen MR) is 150 cm³/mol. The molecule has 1 saturated heterocycles. The lowest BCUT2D eigenvalue weighted by atomic mass is 9.94. The van der Waals surface area contributed by atoms with Crippen molar-refractivity contribution in [1.29, 1.82) is 0 Å². The molecule has 3 atom stereocenters. The number of ether oxygens (including phenoxy) is 2. The average Bonchev–Trinajstić information content (AvgIpc) is 2.97. The smallest absolute Gasteiger partial charge is 0.323 e. The Hall–Kier alpha value is -4.51. The Labute approximate surface area is 237 Å². The van der Waals surface area contributed by atoms with E-state index in [4.69, 9.17) is 9.47 Å². The van der Waals surface area contributed by atoms with Crippen molar-refractivity contribution in [3.05, 3.63) is 83.9 Å². The lowest BCUT2D eigenvalue weighted by molar-refractivity contribution is -0.134. The zero-order valence-corrected chi connectivity index (χ0v) is 22.6.